The molecule has 0 aliphatic rings. The van der Waals surface area contributed by atoms with Crippen molar-refractivity contribution in [2.45, 2.75) is 207 Å². The Bertz CT molecular complexity index is 585. The highest BCUT2D eigenvalue weighted by Gasteiger charge is 2.13. The van der Waals surface area contributed by atoms with Crippen molar-refractivity contribution in [2.75, 3.05) is 0 Å². The lowest BCUT2D eigenvalue weighted by molar-refractivity contribution is -0.184. The first kappa shape index (κ1) is 40.4. The number of carbonyl (C=O) groups is 2. The zero-order chi connectivity index (χ0) is 30.8. The van der Waals surface area contributed by atoms with E-state index in [0.29, 0.717) is 12.8 Å². The van der Waals surface area contributed by atoms with E-state index in [-0.39, 0.29) is 11.9 Å². The van der Waals surface area contributed by atoms with Gasteiger partial charge in [-0.2, -0.15) is 0 Å². The molecule has 0 rings (SSSR count). The van der Waals surface area contributed by atoms with Crippen LogP contribution in [0.15, 0.2) is 24.3 Å². The van der Waals surface area contributed by atoms with Crippen molar-refractivity contribution < 1.29 is 19.1 Å². The van der Waals surface area contributed by atoms with Gasteiger partial charge in [0, 0.05) is 19.8 Å². The summed E-state index contributed by atoms with van der Waals surface area (Å²) < 4.78 is 10.5. The van der Waals surface area contributed by atoms with Crippen LogP contribution < -0.4 is 0 Å². The van der Waals surface area contributed by atoms with Gasteiger partial charge in [0.1, 0.15) is 0 Å². The summed E-state index contributed by atoms with van der Waals surface area (Å²) in [5, 5.41) is 0. The monoisotopic (exact) mass is 591 g/mol. The number of carbonyl (C=O) groups excluding carboxylic acids is 2. The van der Waals surface area contributed by atoms with Gasteiger partial charge >= 0.3 is 11.9 Å². The van der Waals surface area contributed by atoms with Crippen LogP contribution in [0.1, 0.15) is 201 Å². The van der Waals surface area contributed by atoms with Crippen LogP contribution in [0.3, 0.4) is 0 Å². The Morgan fingerprint density at radius 3 is 1.00 bits per heavy atom. The maximum Gasteiger partial charge on any atom is 0.308 e. The molecule has 0 aromatic carbocycles. The number of rotatable bonds is 32. The van der Waals surface area contributed by atoms with Crippen molar-refractivity contribution in [1.82, 2.24) is 0 Å². The normalized spacial score (nSPS) is 12.4. The second kappa shape index (κ2) is 33.9. The average Bonchev–Trinajstić information content (AvgIpc) is 2.97. The van der Waals surface area contributed by atoms with Crippen molar-refractivity contribution in [3.63, 3.8) is 0 Å². The molecular weight excluding hydrogens is 520 g/mol. The first-order chi connectivity index (χ1) is 20.6. The van der Waals surface area contributed by atoms with Gasteiger partial charge in [0.2, 0.25) is 6.29 Å². The topological polar surface area (TPSA) is 52.6 Å². The SMILES string of the molecule is CCCCCCCCC=CCCCCCCCC(=O)OC(C)OC(=O)CCCCCCCC=CCCCCCCCC. The summed E-state index contributed by atoms with van der Waals surface area (Å²) >= 11 is 0. The minimum absolute atomic E-state index is 0.269. The summed E-state index contributed by atoms with van der Waals surface area (Å²) in [6.45, 7) is 6.16. The van der Waals surface area contributed by atoms with Crippen LogP contribution in [0.2, 0.25) is 0 Å². The first-order valence-electron chi connectivity index (χ1n) is 18.3. The largest absolute Gasteiger partial charge is 0.425 e. The van der Waals surface area contributed by atoms with E-state index < -0.39 is 6.29 Å². The Morgan fingerprint density at radius 1 is 0.429 bits per heavy atom. The molecule has 0 aromatic rings. The van der Waals surface area contributed by atoms with E-state index in [1.165, 1.54) is 116 Å². The molecule has 246 valence electrons. The van der Waals surface area contributed by atoms with Crippen molar-refractivity contribution >= 4 is 11.9 Å². The minimum atomic E-state index is -0.795. The molecule has 0 saturated heterocycles. The first-order valence-corrected chi connectivity index (χ1v) is 18.3. The molecule has 4 nitrogen and oxygen atoms in total. The van der Waals surface area contributed by atoms with Crippen LogP contribution in [0.5, 0.6) is 0 Å². The lowest BCUT2D eigenvalue weighted by Gasteiger charge is -2.14. The van der Waals surface area contributed by atoms with E-state index in [1.54, 1.807) is 6.92 Å². The van der Waals surface area contributed by atoms with Gasteiger partial charge in [-0.3, -0.25) is 9.59 Å². The molecule has 0 amide bonds. The summed E-state index contributed by atoms with van der Waals surface area (Å²) in [5.74, 6) is -0.539. The smallest absolute Gasteiger partial charge is 0.308 e. The van der Waals surface area contributed by atoms with E-state index >= 15 is 0 Å². The minimum Gasteiger partial charge on any atom is -0.425 e. The number of allylic oxidation sites excluding steroid dienone is 4. The predicted octanol–water partition coefficient (Wildman–Crippen LogP) is 12.5. The third kappa shape index (κ3) is 32.9. The van der Waals surface area contributed by atoms with Crippen molar-refractivity contribution in [3.05, 3.63) is 24.3 Å². The van der Waals surface area contributed by atoms with Gasteiger partial charge in [-0.15, -0.1) is 0 Å². The van der Waals surface area contributed by atoms with Gasteiger partial charge in [-0.05, 0) is 64.2 Å². The predicted molar refractivity (Wildman–Crippen MR) is 181 cm³/mol. The van der Waals surface area contributed by atoms with Gasteiger partial charge < -0.3 is 9.47 Å². The van der Waals surface area contributed by atoms with Crippen LogP contribution in [0.4, 0.5) is 0 Å². The van der Waals surface area contributed by atoms with E-state index in [4.69, 9.17) is 9.47 Å². The molecule has 0 aromatic heterocycles. The molecule has 0 fully saturated rings. The second-order valence-corrected chi connectivity index (χ2v) is 12.2. The van der Waals surface area contributed by atoms with Gasteiger partial charge in [-0.1, -0.05) is 141 Å². The Morgan fingerprint density at radius 2 is 0.690 bits per heavy atom. The summed E-state index contributed by atoms with van der Waals surface area (Å²) in [6.07, 6.45) is 41.4. The van der Waals surface area contributed by atoms with Crippen LogP contribution in [-0.2, 0) is 19.1 Å². The number of ether oxygens (including phenoxy) is 2. The molecule has 0 radical (unpaired) electrons. The quantitative estimate of drug-likeness (QED) is 0.0338. The third-order valence-corrected chi connectivity index (χ3v) is 7.88. The average molecular weight is 591 g/mol. The van der Waals surface area contributed by atoms with Gasteiger partial charge in [0.05, 0.1) is 0 Å². The molecule has 0 aliphatic carbocycles. The number of unbranched alkanes of at least 4 members (excludes halogenated alkanes) is 22. The summed E-state index contributed by atoms with van der Waals surface area (Å²) in [6, 6.07) is 0. The van der Waals surface area contributed by atoms with E-state index in [1.807, 2.05) is 0 Å². The molecule has 0 aliphatic heterocycles. The fourth-order valence-electron chi connectivity index (χ4n) is 5.19. The lowest BCUT2D eigenvalue weighted by atomic mass is 10.1. The highest BCUT2D eigenvalue weighted by Crippen LogP contribution is 2.13. The van der Waals surface area contributed by atoms with Gasteiger partial charge in [0.15, 0.2) is 0 Å². The van der Waals surface area contributed by atoms with Gasteiger partial charge in [-0.25, -0.2) is 0 Å². The van der Waals surface area contributed by atoms with E-state index in [9.17, 15) is 9.59 Å². The fraction of sp³-hybridized carbons (Fsp3) is 0.842. The summed E-state index contributed by atoms with van der Waals surface area (Å²) in [4.78, 5) is 24.1. The van der Waals surface area contributed by atoms with E-state index in [0.717, 1.165) is 51.4 Å². The van der Waals surface area contributed by atoms with Crippen molar-refractivity contribution in [3.8, 4) is 0 Å². The Balaban J connectivity index is 3.48. The highest BCUT2D eigenvalue weighted by molar-refractivity contribution is 5.71. The van der Waals surface area contributed by atoms with Crippen LogP contribution in [0, 0.1) is 0 Å². The zero-order valence-corrected chi connectivity index (χ0v) is 28.3. The molecule has 4 heteroatoms. The maximum absolute atomic E-state index is 12.0. The fourth-order valence-corrected chi connectivity index (χ4v) is 5.19. The molecule has 0 saturated carbocycles. The molecule has 0 heterocycles. The molecule has 0 bridgehead atoms. The molecule has 0 N–H and O–H groups in total. The highest BCUT2D eigenvalue weighted by atomic mass is 16.7. The standard InChI is InChI=1S/C38H70O4/c1-4-6-8-10-12-14-16-18-20-22-24-26-28-30-32-34-37(39)41-36(3)42-38(40)35-33-31-29-27-25-23-21-19-17-15-13-11-9-7-5-2/h18-21,36H,4-17,22-35H2,1-3H3. The Labute approximate surface area is 261 Å². The Hall–Kier alpha value is -1.58. The third-order valence-electron chi connectivity index (χ3n) is 7.88. The van der Waals surface area contributed by atoms with Crippen molar-refractivity contribution in [2.24, 2.45) is 0 Å². The molecule has 0 atom stereocenters. The van der Waals surface area contributed by atoms with E-state index in [2.05, 4.69) is 38.2 Å². The number of hydrogen-bond acceptors (Lipinski definition) is 4. The zero-order valence-electron chi connectivity index (χ0n) is 28.3. The maximum atomic E-state index is 12.0. The molecule has 42 heavy (non-hydrogen) atoms. The Kier molecular flexibility index (Phi) is 32.6. The molecule has 0 spiro atoms. The second-order valence-electron chi connectivity index (χ2n) is 12.2. The van der Waals surface area contributed by atoms with Crippen molar-refractivity contribution in [1.29, 1.82) is 0 Å². The molecule has 0 unspecified atom stereocenters. The van der Waals surface area contributed by atoms with Crippen LogP contribution in [-0.4, -0.2) is 18.2 Å². The van der Waals surface area contributed by atoms with Crippen LogP contribution >= 0.6 is 0 Å². The lowest BCUT2D eigenvalue weighted by Crippen LogP contribution is -2.21. The number of esters is 2. The number of hydrogen-bond donors (Lipinski definition) is 0. The van der Waals surface area contributed by atoms with Crippen LogP contribution in [0.25, 0.3) is 0 Å². The summed E-state index contributed by atoms with van der Waals surface area (Å²) in [7, 11) is 0. The van der Waals surface area contributed by atoms with Gasteiger partial charge in [0.25, 0.3) is 0 Å². The summed E-state index contributed by atoms with van der Waals surface area (Å²) in [5.41, 5.74) is 0. The molecular formula is C38H70O4.